The number of imidazole rings is 1. The molecule has 180 valence electrons. The molecule has 0 saturated heterocycles. The zero-order chi connectivity index (χ0) is 24.9. The van der Waals surface area contributed by atoms with Crippen molar-refractivity contribution in [2.75, 3.05) is 11.9 Å². The number of nitrogens with zero attached hydrogens (tertiary/aromatic N) is 3. The van der Waals surface area contributed by atoms with Gasteiger partial charge in [0.2, 0.25) is 17.8 Å². The summed E-state index contributed by atoms with van der Waals surface area (Å²) in [5.74, 6) is -1.53. The third-order valence-electron chi connectivity index (χ3n) is 4.72. The summed E-state index contributed by atoms with van der Waals surface area (Å²) in [6.07, 6.45) is 1.94. The molecule has 0 fully saturated rings. The van der Waals surface area contributed by atoms with E-state index < -0.39 is 29.5 Å². The second-order valence-corrected chi connectivity index (χ2v) is 8.61. The molecule has 0 bridgehead atoms. The van der Waals surface area contributed by atoms with Crippen molar-refractivity contribution < 1.29 is 23.5 Å². The van der Waals surface area contributed by atoms with Crippen LogP contribution in [0.3, 0.4) is 0 Å². The van der Waals surface area contributed by atoms with Crippen LogP contribution >= 0.6 is 0 Å². The maximum absolute atomic E-state index is 13.1. The number of halogens is 1. The Hall–Kier alpha value is -4.02. The number of aromatic nitrogens is 3. The predicted molar refractivity (Wildman–Crippen MR) is 124 cm³/mol. The van der Waals surface area contributed by atoms with Gasteiger partial charge in [-0.05, 0) is 63.9 Å². The molecular weight excluding hydrogens is 443 g/mol. The summed E-state index contributed by atoms with van der Waals surface area (Å²) in [6.45, 7) is 6.25. The standard InChI is InChI=1S/C23H27FN6O4/c1-23(2,3)34-22(33)26-10-4-5-11-30-17-8-6-14(19(25)31)12-16(17)28-21(30)29-20(32)15-7-9-18(24)27-13-15/h6-9,12-13H,4-5,10-11H2,1-3H3,(H2,25,31)(H,26,33)(H,28,29,32). The number of rotatable bonds is 8. The Morgan fingerprint density at radius 2 is 1.85 bits per heavy atom. The monoisotopic (exact) mass is 470 g/mol. The molecule has 34 heavy (non-hydrogen) atoms. The van der Waals surface area contributed by atoms with Crippen LogP contribution in [0.2, 0.25) is 0 Å². The first-order chi connectivity index (χ1) is 16.0. The minimum Gasteiger partial charge on any atom is -0.444 e. The van der Waals surface area contributed by atoms with Gasteiger partial charge in [0.15, 0.2) is 0 Å². The molecule has 0 radical (unpaired) electrons. The molecule has 11 heteroatoms. The van der Waals surface area contributed by atoms with E-state index in [4.69, 9.17) is 10.5 Å². The number of hydrogen-bond acceptors (Lipinski definition) is 6. The average molecular weight is 471 g/mol. The molecule has 0 spiro atoms. The first-order valence-corrected chi connectivity index (χ1v) is 10.7. The van der Waals surface area contributed by atoms with Gasteiger partial charge in [-0.3, -0.25) is 14.9 Å². The summed E-state index contributed by atoms with van der Waals surface area (Å²) in [5.41, 5.74) is 6.43. The van der Waals surface area contributed by atoms with Crippen LogP contribution in [0.25, 0.3) is 11.0 Å². The Morgan fingerprint density at radius 1 is 1.12 bits per heavy atom. The predicted octanol–water partition coefficient (Wildman–Crippen LogP) is 3.23. The topological polar surface area (TPSA) is 141 Å². The lowest BCUT2D eigenvalue weighted by molar-refractivity contribution is 0.0526. The lowest BCUT2D eigenvalue weighted by atomic mass is 10.2. The molecule has 0 aliphatic rings. The summed E-state index contributed by atoms with van der Waals surface area (Å²) in [6, 6.07) is 7.25. The summed E-state index contributed by atoms with van der Waals surface area (Å²) >= 11 is 0. The van der Waals surface area contributed by atoms with Gasteiger partial charge in [-0.1, -0.05) is 0 Å². The summed E-state index contributed by atoms with van der Waals surface area (Å²) in [4.78, 5) is 43.9. The number of hydrogen-bond donors (Lipinski definition) is 3. The van der Waals surface area contributed by atoms with Crippen molar-refractivity contribution in [1.82, 2.24) is 19.9 Å². The van der Waals surface area contributed by atoms with Crippen molar-refractivity contribution in [1.29, 1.82) is 0 Å². The van der Waals surface area contributed by atoms with Crippen LogP contribution in [-0.4, -0.2) is 44.6 Å². The van der Waals surface area contributed by atoms with Crippen LogP contribution < -0.4 is 16.4 Å². The van der Waals surface area contributed by atoms with Crippen LogP contribution in [0, 0.1) is 5.95 Å². The molecule has 3 aromatic rings. The molecule has 2 aromatic heterocycles. The lowest BCUT2D eigenvalue weighted by Gasteiger charge is -2.19. The van der Waals surface area contributed by atoms with Crippen LogP contribution in [0.4, 0.5) is 15.1 Å². The second kappa shape index (κ2) is 10.3. The van der Waals surface area contributed by atoms with Gasteiger partial charge in [0.05, 0.1) is 16.6 Å². The van der Waals surface area contributed by atoms with Gasteiger partial charge >= 0.3 is 6.09 Å². The van der Waals surface area contributed by atoms with Crippen molar-refractivity contribution in [3.8, 4) is 0 Å². The SMILES string of the molecule is CC(C)(C)OC(=O)NCCCCn1c(NC(=O)c2ccc(F)nc2)nc2cc(C(N)=O)ccc21. The van der Waals surface area contributed by atoms with Crippen LogP contribution in [0.1, 0.15) is 54.3 Å². The van der Waals surface area contributed by atoms with Gasteiger partial charge < -0.3 is 20.4 Å². The molecule has 0 atom stereocenters. The van der Waals surface area contributed by atoms with Gasteiger partial charge in [0.25, 0.3) is 5.91 Å². The smallest absolute Gasteiger partial charge is 0.407 e. The molecule has 2 heterocycles. The van der Waals surface area contributed by atoms with E-state index in [9.17, 15) is 18.8 Å². The number of carbonyl (C=O) groups excluding carboxylic acids is 3. The number of amides is 3. The Bertz CT molecular complexity index is 1200. The van der Waals surface area contributed by atoms with E-state index in [1.165, 1.54) is 6.07 Å². The average Bonchev–Trinajstić information content (AvgIpc) is 3.08. The number of alkyl carbamates (subject to hydrolysis) is 1. The molecule has 10 nitrogen and oxygen atoms in total. The lowest BCUT2D eigenvalue weighted by Crippen LogP contribution is -2.33. The largest absolute Gasteiger partial charge is 0.444 e. The number of benzene rings is 1. The van der Waals surface area contributed by atoms with Crippen LogP contribution in [-0.2, 0) is 11.3 Å². The number of carbonyl (C=O) groups is 3. The number of ether oxygens (including phenoxy) is 1. The maximum Gasteiger partial charge on any atom is 0.407 e. The molecule has 0 unspecified atom stereocenters. The van der Waals surface area contributed by atoms with E-state index in [2.05, 4.69) is 20.6 Å². The number of aryl methyl sites for hydroxylation is 1. The van der Waals surface area contributed by atoms with E-state index in [1.807, 2.05) is 0 Å². The van der Waals surface area contributed by atoms with Crippen molar-refractivity contribution in [2.24, 2.45) is 5.73 Å². The molecular formula is C23H27FN6O4. The van der Waals surface area contributed by atoms with Gasteiger partial charge in [-0.2, -0.15) is 4.39 Å². The Morgan fingerprint density at radius 3 is 2.50 bits per heavy atom. The van der Waals surface area contributed by atoms with Crippen LogP contribution in [0.15, 0.2) is 36.5 Å². The fourth-order valence-electron chi connectivity index (χ4n) is 3.19. The van der Waals surface area contributed by atoms with E-state index in [0.29, 0.717) is 42.5 Å². The minimum atomic E-state index is -0.692. The molecule has 3 amide bonds. The van der Waals surface area contributed by atoms with E-state index in [0.717, 1.165) is 12.3 Å². The van der Waals surface area contributed by atoms with Crippen molar-refractivity contribution >= 4 is 34.9 Å². The number of unbranched alkanes of at least 4 members (excludes halogenated alkanes) is 1. The van der Waals surface area contributed by atoms with Gasteiger partial charge in [0.1, 0.15) is 5.60 Å². The minimum absolute atomic E-state index is 0.166. The number of primary amides is 1. The summed E-state index contributed by atoms with van der Waals surface area (Å²) in [7, 11) is 0. The number of nitrogens with one attached hydrogen (secondary N) is 2. The molecule has 4 N–H and O–H groups in total. The fourth-order valence-corrected chi connectivity index (χ4v) is 3.19. The quantitative estimate of drug-likeness (QED) is 0.341. The zero-order valence-corrected chi connectivity index (χ0v) is 19.2. The Kier molecular flexibility index (Phi) is 7.44. The summed E-state index contributed by atoms with van der Waals surface area (Å²) < 4.78 is 20.1. The highest BCUT2D eigenvalue weighted by atomic mass is 19.1. The van der Waals surface area contributed by atoms with Crippen molar-refractivity contribution in [2.45, 2.75) is 45.8 Å². The number of anilines is 1. The Balaban J connectivity index is 1.73. The fraction of sp³-hybridized carbons (Fsp3) is 0.348. The molecule has 0 aliphatic carbocycles. The normalized spacial score (nSPS) is 11.3. The molecule has 3 rings (SSSR count). The zero-order valence-electron chi connectivity index (χ0n) is 19.2. The number of nitrogens with two attached hydrogens (primary N) is 1. The van der Waals surface area contributed by atoms with E-state index >= 15 is 0 Å². The van der Waals surface area contributed by atoms with E-state index in [1.54, 1.807) is 43.5 Å². The third-order valence-corrected chi connectivity index (χ3v) is 4.72. The van der Waals surface area contributed by atoms with Crippen LogP contribution in [0.5, 0.6) is 0 Å². The van der Waals surface area contributed by atoms with Gasteiger partial charge in [-0.15, -0.1) is 0 Å². The van der Waals surface area contributed by atoms with Crippen molar-refractivity contribution in [3.63, 3.8) is 0 Å². The maximum atomic E-state index is 13.1. The highest BCUT2D eigenvalue weighted by Gasteiger charge is 2.17. The first-order valence-electron chi connectivity index (χ1n) is 10.7. The first kappa shape index (κ1) is 24.6. The highest BCUT2D eigenvalue weighted by molar-refractivity contribution is 6.04. The van der Waals surface area contributed by atoms with E-state index in [-0.39, 0.29) is 11.5 Å². The van der Waals surface area contributed by atoms with Gasteiger partial charge in [-0.25, -0.2) is 14.8 Å². The number of pyridine rings is 1. The molecule has 1 aromatic carbocycles. The highest BCUT2D eigenvalue weighted by Crippen LogP contribution is 2.22. The molecule has 0 saturated carbocycles. The number of fused-ring (bicyclic) bond motifs is 1. The summed E-state index contributed by atoms with van der Waals surface area (Å²) in [5, 5.41) is 5.42. The molecule has 0 aliphatic heterocycles. The van der Waals surface area contributed by atoms with Crippen molar-refractivity contribution in [3.05, 3.63) is 53.6 Å². The third kappa shape index (κ3) is 6.50. The second-order valence-electron chi connectivity index (χ2n) is 8.61. The van der Waals surface area contributed by atoms with Gasteiger partial charge in [0, 0.05) is 24.8 Å². The Labute approximate surface area is 195 Å².